The molecule has 0 unspecified atom stereocenters. The Morgan fingerprint density at radius 3 is 0.920 bits per heavy atom. The van der Waals surface area contributed by atoms with Crippen LogP contribution in [0.4, 0.5) is 0 Å². The lowest BCUT2D eigenvalue weighted by atomic mass is 9.91. The number of unbranched alkanes of at least 4 members (excludes halogenated alkanes) is 16. The predicted octanol–water partition coefficient (Wildman–Crippen LogP) is 7.67. The fourth-order valence-electron chi connectivity index (χ4n) is 6.10. The van der Waals surface area contributed by atoms with Gasteiger partial charge in [-0.3, -0.25) is 19.2 Å². The van der Waals surface area contributed by atoms with E-state index in [1.807, 2.05) is 0 Å². The number of nitrogens with one attached hydrogen (secondary N) is 2. The first-order valence-electron chi connectivity index (χ1n) is 18.1. The first-order chi connectivity index (χ1) is 24.0. The van der Waals surface area contributed by atoms with Gasteiger partial charge in [0.2, 0.25) is 0 Å². The third-order valence-corrected chi connectivity index (χ3v) is 8.82. The maximum Gasteiger partial charge on any atom is 0.336 e. The molecule has 0 saturated heterocycles. The van der Waals surface area contributed by atoms with Gasteiger partial charge in [0.15, 0.2) is 0 Å². The van der Waals surface area contributed by atoms with Crippen LogP contribution < -0.4 is 10.6 Å². The molecule has 2 rings (SSSR count). The van der Waals surface area contributed by atoms with Crippen molar-refractivity contribution >= 4 is 46.5 Å². The van der Waals surface area contributed by atoms with Gasteiger partial charge in [-0.05, 0) is 49.9 Å². The third kappa shape index (κ3) is 15.4. The number of carboxylic acids is 4. The summed E-state index contributed by atoms with van der Waals surface area (Å²) in [7, 11) is 0. The van der Waals surface area contributed by atoms with Crippen molar-refractivity contribution in [2.24, 2.45) is 0 Å². The van der Waals surface area contributed by atoms with Gasteiger partial charge < -0.3 is 31.1 Å². The van der Waals surface area contributed by atoms with Gasteiger partial charge in [-0.15, -0.1) is 0 Å². The average molecular weight is 699 g/mol. The summed E-state index contributed by atoms with van der Waals surface area (Å²) in [5, 5.41) is 42.8. The van der Waals surface area contributed by atoms with Crippen LogP contribution in [0.5, 0.6) is 0 Å². The first-order valence-corrected chi connectivity index (χ1v) is 18.1. The topological polar surface area (TPSA) is 207 Å². The molecule has 0 aromatic heterocycles. The summed E-state index contributed by atoms with van der Waals surface area (Å²) in [6.07, 6.45) is 17.2. The van der Waals surface area contributed by atoms with E-state index in [1.165, 1.54) is 12.1 Å². The second kappa shape index (κ2) is 23.8. The van der Waals surface area contributed by atoms with Crippen molar-refractivity contribution in [1.82, 2.24) is 10.6 Å². The summed E-state index contributed by atoms with van der Waals surface area (Å²) in [6, 6.07) is 5.05. The van der Waals surface area contributed by atoms with Crippen LogP contribution in [0.25, 0.3) is 10.8 Å². The average Bonchev–Trinajstić information content (AvgIpc) is 3.07. The van der Waals surface area contributed by atoms with Gasteiger partial charge in [0.05, 0.1) is 11.1 Å². The van der Waals surface area contributed by atoms with E-state index < -0.39 is 35.7 Å². The van der Waals surface area contributed by atoms with Gasteiger partial charge in [0, 0.05) is 47.8 Å². The number of carbonyl (C=O) groups excluding carboxylic acids is 2. The van der Waals surface area contributed by atoms with Crippen molar-refractivity contribution < 1.29 is 49.2 Å². The molecule has 0 aliphatic heterocycles. The van der Waals surface area contributed by atoms with Gasteiger partial charge in [-0.2, -0.15) is 0 Å². The Morgan fingerprint density at radius 1 is 0.380 bits per heavy atom. The minimum Gasteiger partial charge on any atom is -0.481 e. The van der Waals surface area contributed by atoms with Gasteiger partial charge in [0.25, 0.3) is 11.8 Å². The molecule has 6 N–H and O–H groups in total. The number of hydrogen-bond donors (Lipinski definition) is 6. The second-order valence-electron chi connectivity index (χ2n) is 12.8. The van der Waals surface area contributed by atoms with Gasteiger partial charge in [-0.25, -0.2) is 9.59 Å². The number of aliphatic carboxylic acids is 2. The molecular formula is C38H54N2O10. The third-order valence-electron chi connectivity index (χ3n) is 8.82. The number of carbonyl (C=O) groups is 6. The zero-order chi connectivity index (χ0) is 36.7. The van der Waals surface area contributed by atoms with E-state index in [0.29, 0.717) is 38.8 Å². The van der Waals surface area contributed by atoms with Crippen LogP contribution in [0.1, 0.15) is 170 Å². The fraction of sp³-hybridized carbons (Fsp3) is 0.579. The van der Waals surface area contributed by atoms with Crippen LogP contribution in [0, 0.1) is 0 Å². The summed E-state index contributed by atoms with van der Waals surface area (Å²) in [5.74, 6) is -5.31. The lowest BCUT2D eigenvalue weighted by molar-refractivity contribution is -0.138. The van der Waals surface area contributed by atoms with E-state index in [9.17, 15) is 39.0 Å². The van der Waals surface area contributed by atoms with E-state index in [1.54, 1.807) is 0 Å². The molecule has 2 aromatic carbocycles. The highest BCUT2D eigenvalue weighted by Crippen LogP contribution is 2.31. The molecule has 50 heavy (non-hydrogen) atoms. The van der Waals surface area contributed by atoms with Crippen LogP contribution in [0.2, 0.25) is 0 Å². The Labute approximate surface area is 294 Å². The van der Waals surface area contributed by atoms with Crippen LogP contribution in [0.15, 0.2) is 24.3 Å². The molecule has 0 spiro atoms. The molecule has 0 fully saturated rings. The largest absolute Gasteiger partial charge is 0.481 e. The summed E-state index contributed by atoms with van der Waals surface area (Å²) < 4.78 is 0. The Kier molecular flexibility index (Phi) is 19.8. The molecule has 0 bridgehead atoms. The summed E-state index contributed by atoms with van der Waals surface area (Å²) in [6.45, 7) is 0.705. The number of aromatic carboxylic acids is 2. The van der Waals surface area contributed by atoms with E-state index in [0.717, 1.165) is 102 Å². The van der Waals surface area contributed by atoms with E-state index in [2.05, 4.69) is 10.6 Å². The number of rotatable bonds is 28. The number of carboxylic acid groups (broad SMARTS) is 4. The van der Waals surface area contributed by atoms with Crippen molar-refractivity contribution in [3.05, 3.63) is 46.5 Å². The van der Waals surface area contributed by atoms with E-state index in [-0.39, 0.29) is 45.9 Å². The lowest BCUT2D eigenvalue weighted by Gasteiger charge is -2.16. The monoisotopic (exact) mass is 698 g/mol. The standard InChI is InChI=1S/C38H54N2O10/c41-31(42)19-15-11-7-3-1-5-9-13-17-25-39-35(45)27-21-22-28(34-30(38(49)50)24-23-29(33(27)34)37(47)48)36(46)40-26-18-14-10-6-2-4-8-12-16-20-32(43)44/h21-24H,1-20,25-26H2,(H,39,45)(H,40,46)(H,41,42)(H,43,44)(H,47,48)(H,49,50). The van der Waals surface area contributed by atoms with Crippen molar-refractivity contribution in [3.8, 4) is 0 Å². The second-order valence-corrected chi connectivity index (χ2v) is 12.8. The summed E-state index contributed by atoms with van der Waals surface area (Å²) >= 11 is 0. The Morgan fingerprint density at radius 2 is 0.640 bits per heavy atom. The van der Waals surface area contributed by atoms with Crippen molar-refractivity contribution in [1.29, 1.82) is 0 Å². The van der Waals surface area contributed by atoms with Gasteiger partial charge in [-0.1, -0.05) is 89.9 Å². The lowest BCUT2D eigenvalue weighted by Crippen LogP contribution is -2.27. The van der Waals surface area contributed by atoms with Crippen molar-refractivity contribution in [3.63, 3.8) is 0 Å². The van der Waals surface area contributed by atoms with E-state index >= 15 is 0 Å². The molecule has 12 heteroatoms. The number of hydrogen-bond acceptors (Lipinski definition) is 6. The molecule has 2 amide bonds. The van der Waals surface area contributed by atoms with Crippen molar-refractivity contribution in [2.75, 3.05) is 13.1 Å². The zero-order valence-corrected chi connectivity index (χ0v) is 29.1. The SMILES string of the molecule is O=C(O)CCCCCCCCCCCNC(=O)c1ccc(C(=O)NCCCCCCCCCCCC(=O)O)c2c(C(=O)O)ccc(C(=O)O)c12. The molecule has 0 atom stereocenters. The Bertz CT molecular complexity index is 1330. The smallest absolute Gasteiger partial charge is 0.336 e. The van der Waals surface area contributed by atoms with Gasteiger partial charge in [0.1, 0.15) is 0 Å². The Hall–Kier alpha value is -4.48. The minimum atomic E-state index is -1.35. The fourth-order valence-corrected chi connectivity index (χ4v) is 6.10. The summed E-state index contributed by atoms with van der Waals surface area (Å²) in [4.78, 5) is 72.2. The highest BCUT2D eigenvalue weighted by Gasteiger charge is 2.25. The normalized spacial score (nSPS) is 11.0. The highest BCUT2D eigenvalue weighted by molar-refractivity contribution is 6.23. The molecule has 12 nitrogen and oxygen atoms in total. The van der Waals surface area contributed by atoms with Crippen LogP contribution in [-0.2, 0) is 9.59 Å². The molecule has 0 aliphatic rings. The minimum absolute atomic E-state index is 0.0122. The highest BCUT2D eigenvalue weighted by atomic mass is 16.4. The number of amides is 2. The maximum atomic E-state index is 13.3. The molecule has 0 radical (unpaired) electrons. The molecule has 0 saturated carbocycles. The Balaban J connectivity index is 1.93. The van der Waals surface area contributed by atoms with Crippen LogP contribution in [-0.4, -0.2) is 69.2 Å². The zero-order valence-electron chi connectivity index (χ0n) is 29.1. The first kappa shape index (κ1) is 41.7. The number of benzene rings is 2. The molecular weight excluding hydrogens is 644 g/mol. The predicted molar refractivity (Wildman–Crippen MR) is 190 cm³/mol. The van der Waals surface area contributed by atoms with Gasteiger partial charge >= 0.3 is 23.9 Å². The molecule has 0 aliphatic carbocycles. The van der Waals surface area contributed by atoms with Crippen molar-refractivity contribution in [2.45, 2.75) is 128 Å². The van der Waals surface area contributed by atoms with E-state index in [4.69, 9.17) is 10.2 Å². The molecule has 0 heterocycles. The summed E-state index contributed by atoms with van der Waals surface area (Å²) in [5.41, 5.74) is -0.562. The molecule has 276 valence electrons. The molecule has 2 aromatic rings. The number of fused-ring (bicyclic) bond motifs is 1. The van der Waals surface area contributed by atoms with Crippen LogP contribution in [0.3, 0.4) is 0 Å². The quantitative estimate of drug-likeness (QED) is 0.0478. The maximum absolute atomic E-state index is 13.3. The van der Waals surface area contributed by atoms with Crippen LogP contribution >= 0.6 is 0 Å².